The molecule has 1 saturated heterocycles. The summed E-state index contributed by atoms with van der Waals surface area (Å²) in [4.78, 5) is 24.2. The predicted molar refractivity (Wildman–Crippen MR) is 73.9 cm³/mol. The lowest BCUT2D eigenvalue weighted by molar-refractivity contribution is -0.384. The molecule has 2 rings (SSSR count). The highest BCUT2D eigenvalue weighted by Gasteiger charge is 2.23. The highest BCUT2D eigenvalue weighted by molar-refractivity contribution is 9.10. The van der Waals surface area contributed by atoms with Gasteiger partial charge in [-0.2, -0.15) is 0 Å². The summed E-state index contributed by atoms with van der Waals surface area (Å²) in [5, 5.41) is 10.6. The van der Waals surface area contributed by atoms with Crippen LogP contribution in [0.2, 0.25) is 0 Å². The number of amides is 1. The molecule has 19 heavy (non-hydrogen) atoms. The van der Waals surface area contributed by atoms with E-state index < -0.39 is 4.92 Å². The minimum atomic E-state index is -0.487. The molecule has 0 saturated carbocycles. The van der Waals surface area contributed by atoms with Crippen LogP contribution in [0.3, 0.4) is 0 Å². The molecular weight excluding hydrogens is 314 g/mol. The third-order valence-electron chi connectivity index (χ3n) is 3.22. The zero-order valence-electron chi connectivity index (χ0n) is 10.2. The van der Waals surface area contributed by atoms with Crippen molar-refractivity contribution < 1.29 is 9.72 Å². The predicted octanol–water partition coefficient (Wildman–Crippen LogP) is 1.92. The number of rotatable bonds is 2. The molecule has 6 nitrogen and oxygen atoms in total. The van der Waals surface area contributed by atoms with Gasteiger partial charge in [-0.1, -0.05) is 0 Å². The number of benzene rings is 1. The molecular formula is C12H14BrN3O3. The third-order valence-corrected chi connectivity index (χ3v) is 3.88. The molecule has 0 radical (unpaired) electrons. The van der Waals surface area contributed by atoms with Gasteiger partial charge in [0.05, 0.1) is 10.5 Å². The zero-order valence-corrected chi connectivity index (χ0v) is 11.8. The van der Waals surface area contributed by atoms with E-state index in [1.165, 1.54) is 18.2 Å². The molecule has 1 aliphatic rings. The minimum Gasteiger partial charge on any atom is -0.338 e. The first-order chi connectivity index (χ1) is 8.99. The lowest BCUT2D eigenvalue weighted by atomic mass is 10.0. The van der Waals surface area contributed by atoms with Crippen molar-refractivity contribution in [2.45, 2.75) is 18.9 Å². The standard InChI is InChI=1S/C12H14BrN3O3/c13-11-7-9(16(18)19)1-2-10(11)12(17)15-5-3-8(14)4-6-15/h1-2,7-8H,3-6,14H2. The maximum absolute atomic E-state index is 12.3. The largest absolute Gasteiger partial charge is 0.338 e. The Morgan fingerprint density at radius 1 is 1.42 bits per heavy atom. The number of piperidine rings is 1. The molecule has 1 aliphatic heterocycles. The Labute approximate surface area is 118 Å². The first-order valence-corrected chi connectivity index (χ1v) is 6.77. The monoisotopic (exact) mass is 327 g/mol. The maximum atomic E-state index is 12.3. The molecule has 2 N–H and O–H groups in total. The van der Waals surface area contributed by atoms with Crippen LogP contribution in [-0.2, 0) is 0 Å². The first kappa shape index (κ1) is 14.0. The number of nitro groups is 1. The fourth-order valence-corrected chi connectivity index (χ4v) is 2.60. The van der Waals surface area contributed by atoms with Crippen molar-refractivity contribution in [1.82, 2.24) is 4.90 Å². The molecule has 0 unspecified atom stereocenters. The van der Waals surface area contributed by atoms with E-state index in [2.05, 4.69) is 15.9 Å². The highest BCUT2D eigenvalue weighted by Crippen LogP contribution is 2.25. The minimum absolute atomic E-state index is 0.0379. The second-order valence-electron chi connectivity index (χ2n) is 4.55. The topological polar surface area (TPSA) is 89.5 Å². The number of halogens is 1. The van der Waals surface area contributed by atoms with Gasteiger partial charge in [0.1, 0.15) is 0 Å². The number of nitro benzene ring substituents is 1. The lowest BCUT2D eigenvalue weighted by Crippen LogP contribution is -2.42. The normalized spacial score (nSPS) is 16.4. The van der Waals surface area contributed by atoms with Gasteiger partial charge < -0.3 is 10.6 Å². The SMILES string of the molecule is NC1CCN(C(=O)c2ccc([N+](=O)[O-])cc2Br)CC1. The number of nitrogens with two attached hydrogens (primary N) is 1. The van der Waals surface area contributed by atoms with E-state index in [0.29, 0.717) is 23.1 Å². The van der Waals surface area contributed by atoms with Crippen LogP contribution in [0.4, 0.5) is 5.69 Å². The summed E-state index contributed by atoms with van der Waals surface area (Å²) in [5.41, 5.74) is 6.20. The van der Waals surface area contributed by atoms with Crippen LogP contribution in [0.25, 0.3) is 0 Å². The van der Waals surface area contributed by atoms with E-state index in [0.717, 1.165) is 12.8 Å². The van der Waals surface area contributed by atoms with Gasteiger partial charge >= 0.3 is 0 Å². The summed E-state index contributed by atoms with van der Waals surface area (Å²) in [6.45, 7) is 1.26. The van der Waals surface area contributed by atoms with Gasteiger partial charge in [-0.15, -0.1) is 0 Å². The molecule has 1 fully saturated rings. The Kier molecular flexibility index (Phi) is 4.16. The van der Waals surface area contributed by atoms with E-state index in [4.69, 9.17) is 5.73 Å². The molecule has 1 aromatic rings. The molecule has 0 spiro atoms. The number of hydrogen-bond acceptors (Lipinski definition) is 4. The smallest absolute Gasteiger partial charge is 0.270 e. The molecule has 0 aromatic heterocycles. The highest BCUT2D eigenvalue weighted by atomic mass is 79.9. The number of likely N-dealkylation sites (tertiary alicyclic amines) is 1. The number of carbonyl (C=O) groups is 1. The Bertz CT molecular complexity index is 513. The van der Waals surface area contributed by atoms with E-state index in [-0.39, 0.29) is 17.6 Å². The van der Waals surface area contributed by atoms with Gasteiger partial charge in [0.25, 0.3) is 11.6 Å². The summed E-state index contributed by atoms with van der Waals surface area (Å²) in [6, 6.07) is 4.33. The molecule has 0 atom stereocenters. The average molecular weight is 328 g/mol. The van der Waals surface area contributed by atoms with Crippen molar-refractivity contribution in [2.75, 3.05) is 13.1 Å². The summed E-state index contributed by atoms with van der Waals surface area (Å²) in [6.07, 6.45) is 1.58. The Morgan fingerprint density at radius 2 is 2.05 bits per heavy atom. The van der Waals surface area contributed by atoms with Gasteiger partial charge in [0.2, 0.25) is 0 Å². The van der Waals surface area contributed by atoms with Crippen molar-refractivity contribution >= 4 is 27.5 Å². The van der Waals surface area contributed by atoms with Crippen molar-refractivity contribution in [1.29, 1.82) is 0 Å². The Morgan fingerprint density at radius 3 is 2.58 bits per heavy atom. The fraction of sp³-hybridized carbons (Fsp3) is 0.417. The van der Waals surface area contributed by atoms with E-state index >= 15 is 0 Å². The third kappa shape index (κ3) is 3.10. The average Bonchev–Trinajstić information content (AvgIpc) is 2.38. The number of nitrogens with zero attached hydrogens (tertiary/aromatic N) is 2. The lowest BCUT2D eigenvalue weighted by Gasteiger charge is -2.30. The van der Waals surface area contributed by atoms with E-state index in [1.54, 1.807) is 4.90 Å². The van der Waals surface area contributed by atoms with Crippen molar-refractivity contribution in [3.63, 3.8) is 0 Å². The molecule has 1 heterocycles. The van der Waals surface area contributed by atoms with Gasteiger partial charge in [-0.25, -0.2) is 0 Å². The molecule has 102 valence electrons. The van der Waals surface area contributed by atoms with Crippen LogP contribution in [0.5, 0.6) is 0 Å². The van der Waals surface area contributed by atoms with Crippen molar-refractivity contribution in [3.8, 4) is 0 Å². The van der Waals surface area contributed by atoms with Crippen LogP contribution in [0.15, 0.2) is 22.7 Å². The van der Waals surface area contributed by atoms with Crippen molar-refractivity contribution in [2.24, 2.45) is 5.73 Å². The van der Waals surface area contributed by atoms with Gasteiger partial charge in [0.15, 0.2) is 0 Å². The second-order valence-corrected chi connectivity index (χ2v) is 5.41. The number of hydrogen-bond donors (Lipinski definition) is 1. The quantitative estimate of drug-likeness (QED) is 0.663. The zero-order chi connectivity index (χ0) is 14.0. The van der Waals surface area contributed by atoms with Gasteiger partial charge in [0, 0.05) is 35.7 Å². The molecule has 1 aromatic carbocycles. The van der Waals surface area contributed by atoms with Gasteiger partial charge in [-0.3, -0.25) is 14.9 Å². The number of carbonyl (C=O) groups excluding carboxylic acids is 1. The van der Waals surface area contributed by atoms with E-state index in [9.17, 15) is 14.9 Å². The summed E-state index contributed by atoms with van der Waals surface area (Å²) in [5.74, 6) is -0.117. The molecule has 0 aliphatic carbocycles. The Balaban J connectivity index is 2.17. The fourth-order valence-electron chi connectivity index (χ4n) is 2.06. The first-order valence-electron chi connectivity index (χ1n) is 5.98. The summed E-state index contributed by atoms with van der Waals surface area (Å²) in [7, 11) is 0. The van der Waals surface area contributed by atoms with Crippen LogP contribution < -0.4 is 5.73 Å². The number of non-ortho nitro benzene ring substituents is 1. The van der Waals surface area contributed by atoms with Crippen LogP contribution in [0, 0.1) is 10.1 Å². The molecule has 0 bridgehead atoms. The van der Waals surface area contributed by atoms with Crippen LogP contribution in [-0.4, -0.2) is 34.9 Å². The second kappa shape index (κ2) is 5.66. The Hall–Kier alpha value is -1.47. The van der Waals surface area contributed by atoms with Crippen LogP contribution >= 0.6 is 15.9 Å². The molecule has 1 amide bonds. The maximum Gasteiger partial charge on any atom is 0.270 e. The van der Waals surface area contributed by atoms with Gasteiger partial charge in [-0.05, 0) is 34.8 Å². The molecule has 7 heteroatoms. The van der Waals surface area contributed by atoms with Crippen LogP contribution in [0.1, 0.15) is 23.2 Å². The van der Waals surface area contributed by atoms with E-state index in [1.807, 2.05) is 0 Å². The van der Waals surface area contributed by atoms with Crippen molar-refractivity contribution in [3.05, 3.63) is 38.3 Å². The summed E-state index contributed by atoms with van der Waals surface area (Å²) < 4.78 is 0.446. The summed E-state index contributed by atoms with van der Waals surface area (Å²) >= 11 is 3.22.